The number of piperidine rings is 1. The zero-order valence-corrected chi connectivity index (χ0v) is 17.9. The van der Waals surface area contributed by atoms with Gasteiger partial charge in [0.1, 0.15) is 30.0 Å². The van der Waals surface area contributed by atoms with Gasteiger partial charge in [0.15, 0.2) is 5.17 Å². The number of nitrogens with one attached hydrogen (secondary N) is 1. The summed E-state index contributed by atoms with van der Waals surface area (Å²) in [5, 5.41) is 4.17. The Bertz CT molecular complexity index is 856. The van der Waals surface area contributed by atoms with E-state index in [9.17, 15) is 4.39 Å². The van der Waals surface area contributed by atoms with Gasteiger partial charge in [-0.05, 0) is 30.5 Å². The van der Waals surface area contributed by atoms with Crippen molar-refractivity contribution in [3.8, 4) is 11.5 Å². The van der Waals surface area contributed by atoms with E-state index in [2.05, 4.69) is 27.3 Å². The van der Waals surface area contributed by atoms with E-state index in [0.29, 0.717) is 19.4 Å². The highest BCUT2D eigenvalue weighted by molar-refractivity contribution is 8.14. The molecule has 1 saturated heterocycles. The maximum atomic E-state index is 13.2. The second-order valence-electron chi connectivity index (χ2n) is 7.40. The number of methoxy groups -OCH3 is 1. The summed E-state index contributed by atoms with van der Waals surface area (Å²) in [6.45, 7) is 3.10. The second-order valence-corrected chi connectivity index (χ2v) is 8.40. The van der Waals surface area contributed by atoms with Crippen molar-refractivity contribution in [1.29, 1.82) is 0 Å². The SMILES string of the molecule is COc1ccncc1NC1=NC(c2ccc(OCCN3CCC(F)CC3)cc2)CS1. The van der Waals surface area contributed by atoms with E-state index in [1.54, 1.807) is 31.3 Å². The molecule has 1 aromatic heterocycles. The van der Waals surface area contributed by atoms with Crippen LogP contribution in [-0.4, -0.2) is 60.3 Å². The molecule has 6 nitrogen and oxygen atoms in total. The molecule has 1 unspecified atom stereocenters. The zero-order valence-electron chi connectivity index (χ0n) is 17.1. The Kier molecular flexibility index (Phi) is 7.07. The number of rotatable bonds is 7. The number of thioether (sulfide) groups is 1. The predicted molar refractivity (Wildman–Crippen MR) is 120 cm³/mol. The van der Waals surface area contributed by atoms with Gasteiger partial charge in [-0.2, -0.15) is 0 Å². The first-order chi connectivity index (χ1) is 14.7. The van der Waals surface area contributed by atoms with Gasteiger partial charge in [0, 0.05) is 37.7 Å². The van der Waals surface area contributed by atoms with Gasteiger partial charge < -0.3 is 14.8 Å². The summed E-state index contributed by atoms with van der Waals surface area (Å²) < 4.78 is 24.4. The van der Waals surface area contributed by atoms with Crippen LogP contribution in [0, 0.1) is 0 Å². The van der Waals surface area contributed by atoms with Gasteiger partial charge in [0.2, 0.25) is 0 Å². The number of benzene rings is 1. The summed E-state index contributed by atoms with van der Waals surface area (Å²) in [7, 11) is 1.64. The third-order valence-corrected chi connectivity index (χ3v) is 6.32. The maximum absolute atomic E-state index is 13.2. The minimum Gasteiger partial charge on any atom is -0.494 e. The van der Waals surface area contributed by atoms with Crippen molar-refractivity contribution < 1.29 is 13.9 Å². The molecule has 0 amide bonds. The highest BCUT2D eigenvalue weighted by Crippen LogP contribution is 2.33. The molecule has 2 aliphatic rings. The molecule has 30 heavy (non-hydrogen) atoms. The number of amidine groups is 1. The lowest BCUT2D eigenvalue weighted by Gasteiger charge is -2.28. The van der Waals surface area contributed by atoms with E-state index in [1.807, 2.05) is 18.2 Å². The molecule has 3 heterocycles. The number of aromatic nitrogens is 1. The fraction of sp³-hybridized carbons (Fsp3) is 0.455. The predicted octanol–water partition coefficient (Wildman–Crippen LogP) is 4.16. The first-order valence-corrected chi connectivity index (χ1v) is 11.2. The minimum atomic E-state index is -0.631. The quantitative estimate of drug-likeness (QED) is 0.712. The molecule has 4 rings (SSSR count). The third kappa shape index (κ3) is 5.43. The topological polar surface area (TPSA) is 59.0 Å². The molecular formula is C22H27FN4O2S. The summed E-state index contributed by atoms with van der Waals surface area (Å²) in [4.78, 5) is 11.2. The number of ether oxygens (including phenoxy) is 2. The van der Waals surface area contributed by atoms with E-state index in [4.69, 9.17) is 14.5 Å². The molecular weight excluding hydrogens is 403 g/mol. The molecule has 0 aliphatic carbocycles. The van der Waals surface area contributed by atoms with Crippen molar-refractivity contribution in [2.45, 2.75) is 25.1 Å². The van der Waals surface area contributed by atoms with Crippen molar-refractivity contribution in [2.75, 3.05) is 44.4 Å². The Labute approximate surface area is 180 Å². The molecule has 1 aromatic carbocycles. The highest BCUT2D eigenvalue weighted by Gasteiger charge is 2.21. The summed E-state index contributed by atoms with van der Waals surface area (Å²) >= 11 is 1.69. The first kappa shape index (κ1) is 20.9. The number of anilines is 1. The van der Waals surface area contributed by atoms with Crippen LogP contribution in [0.3, 0.4) is 0 Å². The number of nitrogens with zero attached hydrogens (tertiary/aromatic N) is 3. The van der Waals surface area contributed by atoms with Gasteiger partial charge in [-0.1, -0.05) is 23.9 Å². The van der Waals surface area contributed by atoms with Crippen LogP contribution < -0.4 is 14.8 Å². The Morgan fingerprint density at radius 1 is 1.20 bits per heavy atom. The van der Waals surface area contributed by atoms with Gasteiger partial charge >= 0.3 is 0 Å². The first-order valence-electron chi connectivity index (χ1n) is 10.3. The van der Waals surface area contributed by atoms with E-state index in [-0.39, 0.29) is 6.04 Å². The van der Waals surface area contributed by atoms with Crippen LogP contribution in [0.5, 0.6) is 11.5 Å². The molecule has 1 atom stereocenters. The van der Waals surface area contributed by atoms with Crippen molar-refractivity contribution in [3.63, 3.8) is 0 Å². The number of halogens is 1. The van der Waals surface area contributed by atoms with Crippen molar-refractivity contribution >= 4 is 22.6 Å². The summed E-state index contributed by atoms with van der Waals surface area (Å²) in [6, 6.07) is 10.1. The number of likely N-dealkylation sites (tertiary alicyclic amines) is 1. The normalized spacial score (nSPS) is 20.1. The van der Waals surface area contributed by atoms with Crippen LogP contribution in [0.2, 0.25) is 0 Å². The van der Waals surface area contributed by atoms with Gasteiger partial charge in [0.25, 0.3) is 0 Å². The summed E-state index contributed by atoms with van der Waals surface area (Å²) in [5.41, 5.74) is 1.97. The van der Waals surface area contributed by atoms with Gasteiger partial charge in [-0.25, -0.2) is 4.39 Å². The number of hydrogen-bond acceptors (Lipinski definition) is 7. The van der Waals surface area contributed by atoms with Crippen LogP contribution >= 0.6 is 11.8 Å². The standard InChI is InChI=1S/C22H27FN4O2S/c1-28-21-6-9-24-14-19(21)25-22-26-20(15-30-22)16-2-4-18(5-3-16)29-13-12-27-10-7-17(23)8-11-27/h2-6,9,14,17,20H,7-8,10-13,15H2,1H3,(H,25,26). The number of alkyl halides is 1. The molecule has 8 heteroatoms. The molecule has 160 valence electrons. The minimum absolute atomic E-state index is 0.108. The lowest BCUT2D eigenvalue weighted by Crippen LogP contribution is -2.37. The van der Waals surface area contributed by atoms with E-state index in [1.165, 1.54) is 0 Å². The van der Waals surface area contributed by atoms with Crippen LogP contribution in [0.25, 0.3) is 0 Å². The van der Waals surface area contributed by atoms with Gasteiger partial charge in [-0.3, -0.25) is 14.9 Å². The Morgan fingerprint density at radius 2 is 2.00 bits per heavy atom. The average molecular weight is 431 g/mol. The average Bonchev–Trinajstić information content (AvgIpc) is 3.24. The Hall–Kier alpha value is -2.32. The highest BCUT2D eigenvalue weighted by atomic mass is 32.2. The van der Waals surface area contributed by atoms with Crippen LogP contribution in [0.1, 0.15) is 24.4 Å². The largest absolute Gasteiger partial charge is 0.494 e. The molecule has 0 bridgehead atoms. The molecule has 1 N–H and O–H groups in total. The summed E-state index contributed by atoms with van der Waals surface area (Å²) in [6.07, 6.45) is 4.08. The van der Waals surface area contributed by atoms with Gasteiger partial charge in [-0.15, -0.1) is 0 Å². The van der Waals surface area contributed by atoms with E-state index < -0.39 is 6.17 Å². The number of hydrogen-bond donors (Lipinski definition) is 1. The molecule has 0 radical (unpaired) electrons. The van der Waals surface area contributed by atoms with E-state index >= 15 is 0 Å². The molecule has 1 fully saturated rings. The van der Waals surface area contributed by atoms with E-state index in [0.717, 1.165) is 53.3 Å². The molecule has 2 aliphatic heterocycles. The maximum Gasteiger partial charge on any atom is 0.161 e. The van der Waals surface area contributed by atoms with Crippen molar-refractivity contribution in [2.24, 2.45) is 4.99 Å². The second kappa shape index (κ2) is 10.1. The fourth-order valence-corrected chi connectivity index (χ4v) is 4.55. The number of aliphatic imine (C=N–C) groups is 1. The monoisotopic (exact) mass is 430 g/mol. The van der Waals surface area contributed by atoms with Crippen molar-refractivity contribution in [3.05, 3.63) is 48.3 Å². The molecule has 0 spiro atoms. The summed E-state index contributed by atoms with van der Waals surface area (Å²) in [5.74, 6) is 2.48. The molecule has 0 saturated carbocycles. The van der Waals surface area contributed by atoms with Crippen LogP contribution in [0.15, 0.2) is 47.7 Å². The fourth-order valence-electron chi connectivity index (χ4n) is 3.59. The lowest BCUT2D eigenvalue weighted by atomic mass is 10.1. The van der Waals surface area contributed by atoms with Crippen LogP contribution in [-0.2, 0) is 0 Å². The smallest absolute Gasteiger partial charge is 0.161 e. The van der Waals surface area contributed by atoms with Crippen LogP contribution in [0.4, 0.5) is 10.1 Å². The number of pyridine rings is 1. The Morgan fingerprint density at radius 3 is 2.77 bits per heavy atom. The Balaban J connectivity index is 1.27. The zero-order chi connectivity index (χ0) is 20.8. The molecule has 2 aromatic rings. The van der Waals surface area contributed by atoms with Crippen molar-refractivity contribution in [1.82, 2.24) is 9.88 Å². The third-order valence-electron chi connectivity index (χ3n) is 5.35. The van der Waals surface area contributed by atoms with Gasteiger partial charge in [0.05, 0.1) is 19.3 Å². The lowest BCUT2D eigenvalue weighted by molar-refractivity contribution is 0.132.